The summed E-state index contributed by atoms with van der Waals surface area (Å²) in [6, 6.07) is 9.36. The molecule has 140 valence electrons. The smallest absolute Gasteiger partial charge is 0.275 e. The molecule has 0 saturated carbocycles. The molecule has 0 unspecified atom stereocenters. The second-order valence-corrected chi connectivity index (χ2v) is 8.22. The van der Waals surface area contributed by atoms with Gasteiger partial charge in [0.2, 0.25) is 10.0 Å². The van der Waals surface area contributed by atoms with Crippen LogP contribution in [-0.4, -0.2) is 60.9 Å². The first-order valence-corrected chi connectivity index (χ1v) is 10.2. The molecule has 26 heavy (non-hydrogen) atoms. The molecule has 1 N–H and O–H groups in total. The van der Waals surface area contributed by atoms with Gasteiger partial charge in [0.1, 0.15) is 0 Å². The van der Waals surface area contributed by atoms with Crippen molar-refractivity contribution in [2.45, 2.75) is 18.9 Å². The van der Waals surface area contributed by atoms with E-state index in [4.69, 9.17) is 4.74 Å². The van der Waals surface area contributed by atoms with Crippen LogP contribution in [0.3, 0.4) is 0 Å². The van der Waals surface area contributed by atoms with Gasteiger partial charge in [-0.25, -0.2) is 17.4 Å². The summed E-state index contributed by atoms with van der Waals surface area (Å²) in [6.07, 6.45) is 4.00. The lowest BCUT2D eigenvalue weighted by Gasteiger charge is -2.30. The number of carbonyl (C=O) groups excluding carboxylic acids is 1. The fourth-order valence-corrected chi connectivity index (χ4v) is 3.84. The standard InChI is InChI=1S/C17H22N4O4S/c1-25-15-12-21(14-6-4-3-5-7-14)19-16(15)17(22)18-13-8-10-20(11-9-13)26(2,23)24/h3-7,12-13H,8-11H2,1-2H3,(H,18,22). The van der Waals surface area contributed by atoms with Gasteiger partial charge in [0, 0.05) is 19.1 Å². The van der Waals surface area contributed by atoms with Crippen molar-refractivity contribution in [1.82, 2.24) is 19.4 Å². The zero-order chi connectivity index (χ0) is 18.7. The lowest BCUT2D eigenvalue weighted by Crippen LogP contribution is -2.46. The van der Waals surface area contributed by atoms with E-state index in [1.54, 1.807) is 10.9 Å². The summed E-state index contributed by atoms with van der Waals surface area (Å²) in [5, 5.41) is 7.27. The SMILES string of the molecule is COc1cn(-c2ccccc2)nc1C(=O)NC1CCN(S(C)(=O)=O)CC1. The molecule has 1 amide bonds. The number of hydrogen-bond acceptors (Lipinski definition) is 5. The predicted octanol–water partition coefficient (Wildman–Crippen LogP) is 1.03. The summed E-state index contributed by atoms with van der Waals surface area (Å²) in [7, 11) is -1.69. The molecular formula is C17H22N4O4S. The Morgan fingerprint density at radius 2 is 1.88 bits per heavy atom. The van der Waals surface area contributed by atoms with Crippen molar-refractivity contribution in [3.63, 3.8) is 0 Å². The number of para-hydroxylation sites is 1. The Balaban J connectivity index is 1.70. The van der Waals surface area contributed by atoms with E-state index in [9.17, 15) is 13.2 Å². The van der Waals surface area contributed by atoms with E-state index in [0.717, 1.165) is 5.69 Å². The molecule has 1 aliphatic heterocycles. The van der Waals surface area contributed by atoms with Crippen molar-refractivity contribution in [1.29, 1.82) is 0 Å². The maximum Gasteiger partial charge on any atom is 0.275 e. The van der Waals surface area contributed by atoms with Gasteiger partial charge < -0.3 is 10.1 Å². The number of aromatic nitrogens is 2. The van der Waals surface area contributed by atoms with E-state index in [1.807, 2.05) is 30.3 Å². The largest absolute Gasteiger partial charge is 0.493 e. The molecule has 2 heterocycles. The monoisotopic (exact) mass is 378 g/mol. The third-order valence-corrected chi connectivity index (χ3v) is 5.70. The van der Waals surface area contributed by atoms with Crippen molar-refractivity contribution < 1.29 is 17.9 Å². The van der Waals surface area contributed by atoms with Gasteiger partial charge >= 0.3 is 0 Å². The molecular weight excluding hydrogens is 356 g/mol. The van der Waals surface area contributed by atoms with Crippen LogP contribution < -0.4 is 10.1 Å². The minimum atomic E-state index is -3.18. The summed E-state index contributed by atoms with van der Waals surface area (Å²) in [4.78, 5) is 12.6. The lowest BCUT2D eigenvalue weighted by atomic mass is 10.1. The average Bonchev–Trinajstić information content (AvgIpc) is 3.07. The van der Waals surface area contributed by atoms with Crippen LogP contribution in [0.5, 0.6) is 5.75 Å². The highest BCUT2D eigenvalue weighted by atomic mass is 32.2. The number of hydrogen-bond donors (Lipinski definition) is 1. The summed E-state index contributed by atoms with van der Waals surface area (Å²) in [5.41, 5.74) is 1.04. The van der Waals surface area contributed by atoms with Crippen molar-refractivity contribution >= 4 is 15.9 Å². The van der Waals surface area contributed by atoms with Gasteiger partial charge in [0.15, 0.2) is 11.4 Å². The van der Waals surface area contributed by atoms with Gasteiger partial charge in [0.25, 0.3) is 5.91 Å². The zero-order valence-electron chi connectivity index (χ0n) is 14.8. The van der Waals surface area contributed by atoms with Crippen LogP contribution in [0, 0.1) is 0 Å². The van der Waals surface area contributed by atoms with Crippen LogP contribution in [0.4, 0.5) is 0 Å². The van der Waals surface area contributed by atoms with Crippen molar-refractivity contribution in [2.24, 2.45) is 0 Å². The van der Waals surface area contributed by atoms with Crippen LogP contribution in [0.25, 0.3) is 5.69 Å². The third-order valence-electron chi connectivity index (χ3n) is 4.39. The van der Waals surface area contributed by atoms with Crippen LogP contribution in [-0.2, 0) is 10.0 Å². The quantitative estimate of drug-likeness (QED) is 0.839. The molecule has 8 nitrogen and oxygen atoms in total. The lowest BCUT2D eigenvalue weighted by molar-refractivity contribution is 0.0915. The summed E-state index contributed by atoms with van der Waals surface area (Å²) < 4.78 is 31.4. The Morgan fingerprint density at radius 1 is 1.23 bits per heavy atom. The maximum absolute atomic E-state index is 12.6. The fraction of sp³-hybridized carbons (Fsp3) is 0.412. The molecule has 1 saturated heterocycles. The number of carbonyl (C=O) groups is 1. The number of nitrogens with zero attached hydrogens (tertiary/aromatic N) is 3. The second-order valence-electron chi connectivity index (χ2n) is 6.24. The van der Waals surface area contributed by atoms with E-state index in [0.29, 0.717) is 31.7 Å². The average molecular weight is 378 g/mol. The fourth-order valence-electron chi connectivity index (χ4n) is 2.96. The van der Waals surface area contributed by atoms with Gasteiger partial charge in [-0.05, 0) is 25.0 Å². The van der Waals surface area contributed by atoms with Gasteiger partial charge in [-0.2, -0.15) is 5.10 Å². The number of nitrogens with one attached hydrogen (secondary N) is 1. The topological polar surface area (TPSA) is 93.5 Å². The number of benzene rings is 1. The zero-order valence-corrected chi connectivity index (χ0v) is 15.6. The first-order valence-electron chi connectivity index (χ1n) is 8.33. The highest BCUT2D eigenvalue weighted by Gasteiger charge is 2.27. The predicted molar refractivity (Wildman–Crippen MR) is 97.0 cm³/mol. The molecule has 0 spiro atoms. The van der Waals surface area contributed by atoms with Crippen LogP contribution in [0.2, 0.25) is 0 Å². The number of piperidine rings is 1. The molecule has 0 bridgehead atoms. The first-order chi connectivity index (χ1) is 12.4. The van der Waals surface area contributed by atoms with Crippen molar-refractivity contribution in [3.8, 4) is 11.4 Å². The Labute approximate surface area is 152 Å². The van der Waals surface area contributed by atoms with Crippen LogP contribution in [0.15, 0.2) is 36.5 Å². The normalized spacial score (nSPS) is 16.4. The summed E-state index contributed by atoms with van der Waals surface area (Å²) in [5.74, 6) is 0.0641. The van der Waals surface area contributed by atoms with E-state index in [2.05, 4.69) is 10.4 Å². The Hall–Kier alpha value is -2.39. The molecule has 1 aliphatic rings. The molecule has 0 atom stereocenters. The number of rotatable bonds is 5. The number of sulfonamides is 1. The van der Waals surface area contributed by atoms with Crippen molar-refractivity contribution in [3.05, 3.63) is 42.2 Å². The van der Waals surface area contributed by atoms with E-state index in [-0.39, 0.29) is 17.6 Å². The highest BCUT2D eigenvalue weighted by molar-refractivity contribution is 7.88. The Kier molecular flexibility index (Phi) is 5.28. The number of amides is 1. The second kappa shape index (κ2) is 7.46. The van der Waals surface area contributed by atoms with Crippen LogP contribution in [0.1, 0.15) is 23.3 Å². The molecule has 9 heteroatoms. The van der Waals surface area contributed by atoms with Gasteiger partial charge in [-0.3, -0.25) is 4.79 Å². The van der Waals surface area contributed by atoms with E-state index >= 15 is 0 Å². The summed E-state index contributed by atoms with van der Waals surface area (Å²) in [6.45, 7) is 0.804. The molecule has 0 aliphatic carbocycles. The Bertz CT molecular complexity index is 871. The molecule has 3 rings (SSSR count). The molecule has 1 aromatic heterocycles. The Morgan fingerprint density at radius 3 is 2.46 bits per heavy atom. The minimum absolute atomic E-state index is 0.0907. The number of methoxy groups -OCH3 is 1. The van der Waals surface area contributed by atoms with E-state index in [1.165, 1.54) is 17.7 Å². The molecule has 0 radical (unpaired) electrons. The third kappa shape index (κ3) is 4.05. The molecule has 2 aromatic rings. The van der Waals surface area contributed by atoms with Crippen molar-refractivity contribution in [2.75, 3.05) is 26.5 Å². The minimum Gasteiger partial charge on any atom is -0.493 e. The first kappa shape index (κ1) is 18.4. The number of ether oxygens (including phenoxy) is 1. The summed E-state index contributed by atoms with van der Waals surface area (Å²) >= 11 is 0. The maximum atomic E-state index is 12.6. The van der Waals surface area contributed by atoms with E-state index < -0.39 is 10.0 Å². The van der Waals surface area contributed by atoms with Gasteiger partial charge in [0.05, 0.1) is 25.2 Å². The van der Waals surface area contributed by atoms with Gasteiger partial charge in [-0.15, -0.1) is 0 Å². The highest BCUT2D eigenvalue weighted by Crippen LogP contribution is 2.20. The van der Waals surface area contributed by atoms with Crippen LogP contribution >= 0.6 is 0 Å². The molecule has 1 fully saturated rings. The van der Waals surface area contributed by atoms with Gasteiger partial charge in [-0.1, -0.05) is 18.2 Å². The molecule has 1 aromatic carbocycles.